The highest BCUT2D eigenvalue weighted by Crippen LogP contribution is 2.49. The molecule has 0 aromatic heterocycles. The van der Waals surface area contributed by atoms with E-state index in [0.29, 0.717) is 44.1 Å². The van der Waals surface area contributed by atoms with Gasteiger partial charge in [0, 0.05) is 32.1 Å². The lowest BCUT2D eigenvalue weighted by atomic mass is 9.79. The Kier molecular flexibility index (Phi) is 23.6. The molecule has 0 saturated carbocycles. The van der Waals surface area contributed by atoms with Crippen LogP contribution in [0.3, 0.4) is 0 Å². The molecule has 0 aliphatic carbocycles. The zero-order chi connectivity index (χ0) is 63.5. The molecular weight excluding hydrogens is 1130 g/mol. The van der Waals surface area contributed by atoms with Gasteiger partial charge in [-0.2, -0.15) is 0 Å². The van der Waals surface area contributed by atoms with Crippen molar-refractivity contribution < 1.29 is 60.8 Å². The van der Waals surface area contributed by atoms with Crippen molar-refractivity contribution in [1.29, 1.82) is 0 Å². The number of carbonyl (C=O) groups is 3. The van der Waals surface area contributed by atoms with Crippen molar-refractivity contribution in [2.24, 2.45) is 11.8 Å². The monoisotopic (exact) mass is 1250 g/mol. The molecule has 0 N–H and O–H groups in total. The fourth-order valence-corrected chi connectivity index (χ4v) is 16.5. The predicted octanol–water partition coefficient (Wildman–Crippen LogP) is 16.1. The van der Waals surface area contributed by atoms with Crippen LogP contribution >= 0.6 is 0 Å². The summed E-state index contributed by atoms with van der Waals surface area (Å²) in [6, 6.07) is 9.10. The third-order valence-electron chi connectivity index (χ3n) is 21.4. The number of allylic oxidation sites excluding steroid dienone is 2. The quantitative estimate of drug-likeness (QED) is 0.0991. The molecule has 1 aromatic carbocycles. The van der Waals surface area contributed by atoms with E-state index in [9.17, 15) is 9.59 Å². The Morgan fingerprint density at radius 1 is 0.674 bits per heavy atom. The first-order valence-electron chi connectivity index (χ1n) is 33.0. The number of benzene rings is 1. The molecule has 0 spiro atoms. The van der Waals surface area contributed by atoms with Crippen LogP contribution in [-0.4, -0.2) is 135 Å². The molecule has 16 heteroatoms. The van der Waals surface area contributed by atoms with Crippen LogP contribution in [0, 0.1) is 11.8 Å². The van der Waals surface area contributed by atoms with Crippen LogP contribution in [0.15, 0.2) is 77.9 Å². The van der Waals surface area contributed by atoms with Gasteiger partial charge in [-0.05, 0) is 154 Å². The van der Waals surface area contributed by atoms with Crippen molar-refractivity contribution in [2.45, 2.75) is 320 Å². The molecule has 8 heterocycles. The summed E-state index contributed by atoms with van der Waals surface area (Å²) in [5, 5.41) is -0.384. The average molecular weight is 1250 g/mol. The van der Waals surface area contributed by atoms with E-state index in [2.05, 4.69) is 141 Å². The molecule has 4 unspecified atom stereocenters. The number of hydrogen-bond donors (Lipinski definition) is 0. The molecule has 484 valence electrons. The van der Waals surface area contributed by atoms with Crippen molar-refractivity contribution >= 4 is 42.7 Å². The molecule has 4 fully saturated rings. The third-order valence-corrected chi connectivity index (χ3v) is 34.8. The van der Waals surface area contributed by atoms with Gasteiger partial charge in [0.25, 0.3) is 0 Å². The number of carbonyl (C=O) groups excluding carboxylic acids is 3. The molecule has 8 bridgehead atoms. The topological polar surface area (TPSA) is 144 Å². The van der Waals surface area contributed by atoms with Gasteiger partial charge in [0.15, 0.2) is 25.0 Å². The summed E-state index contributed by atoms with van der Waals surface area (Å²) < 4.78 is 71.4. The molecule has 86 heavy (non-hydrogen) atoms. The summed E-state index contributed by atoms with van der Waals surface area (Å²) in [6.07, 6.45) is 7.35. The van der Waals surface area contributed by atoms with Crippen LogP contribution in [0.25, 0.3) is 0 Å². The highest BCUT2D eigenvalue weighted by atomic mass is 28.4. The first-order valence-corrected chi connectivity index (χ1v) is 41.7. The van der Waals surface area contributed by atoms with Crippen molar-refractivity contribution in [2.75, 3.05) is 6.61 Å². The summed E-state index contributed by atoms with van der Waals surface area (Å²) in [5.41, 5.74) is 4.68. The maximum Gasteiger partial charge on any atom is 0.338 e. The first kappa shape index (κ1) is 70.6. The van der Waals surface area contributed by atoms with Crippen molar-refractivity contribution in [3.05, 3.63) is 83.5 Å². The third kappa shape index (κ3) is 17.6. The van der Waals surface area contributed by atoms with E-state index in [0.717, 1.165) is 54.4 Å². The Hall–Kier alpha value is -2.88. The minimum atomic E-state index is -2.57. The summed E-state index contributed by atoms with van der Waals surface area (Å²) in [6.45, 7) is 51.8. The Labute approximate surface area is 522 Å². The van der Waals surface area contributed by atoms with Gasteiger partial charge in [-0.15, -0.1) is 0 Å². The maximum atomic E-state index is 15.2. The predicted molar refractivity (Wildman–Crippen MR) is 350 cm³/mol. The van der Waals surface area contributed by atoms with E-state index in [1.807, 2.05) is 25.1 Å². The van der Waals surface area contributed by atoms with E-state index in [1.54, 1.807) is 19.1 Å². The molecule has 16 atom stereocenters. The van der Waals surface area contributed by atoms with Gasteiger partial charge in [0.1, 0.15) is 42.9 Å². The van der Waals surface area contributed by atoms with E-state index in [4.69, 9.17) is 46.4 Å². The second-order valence-electron chi connectivity index (χ2n) is 30.9. The number of esters is 2. The molecule has 4 saturated heterocycles. The van der Waals surface area contributed by atoms with Crippen LogP contribution in [0.4, 0.5) is 0 Å². The van der Waals surface area contributed by atoms with E-state index < -0.39 is 73.8 Å². The maximum absolute atomic E-state index is 15.2. The lowest BCUT2D eigenvalue weighted by Crippen LogP contribution is -2.69. The van der Waals surface area contributed by atoms with Crippen LogP contribution < -0.4 is 0 Å². The minimum absolute atomic E-state index is 0.00427. The molecule has 0 radical (unpaired) electrons. The number of rotatable bonds is 14. The molecular formula is C70H114O13Si3. The minimum Gasteiger partial charge on any atom is -0.461 e. The number of hydrogen-bond acceptors (Lipinski definition) is 13. The molecule has 8 aliphatic heterocycles. The number of ether oxygens (including phenoxy) is 7. The van der Waals surface area contributed by atoms with Gasteiger partial charge >= 0.3 is 11.9 Å². The Bertz CT molecular complexity index is 2560. The van der Waals surface area contributed by atoms with Crippen LogP contribution in [0.5, 0.6) is 0 Å². The second-order valence-corrected chi connectivity index (χ2v) is 45.2. The zero-order valence-electron chi connectivity index (χ0n) is 56.6. The van der Waals surface area contributed by atoms with E-state index >= 15 is 4.79 Å². The van der Waals surface area contributed by atoms with Crippen molar-refractivity contribution in [3.8, 4) is 0 Å². The largest absolute Gasteiger partial charge is 0.461 e. The van der Waals surface area contributed by atoms with Crippen LogP contribution in [-0.2, 0) is 56.0 Å². The lowest BCUT2D eigenvalue weighted by Gasteiger charge is -2.56. The summed E-state index contributed by atoms with van der Waals surface area (Å²) >= 11 is 0. The Morgan fingerprint density at radius 2 is 1.26 bits per heavy atom. The SMILES string of the molecule is C=C1/C=C/[C@H](O[Si](C)(C)C(C)(C)C)[C@@H]2O[C@H]3CC[C@H](CC(=O)CC4C(C[C@H]5OC(CC[C@@H]6OC(CC1)CC6=C)CC(C)=C5COC(=O)CC)O[C@H](C[C@@H](CC)OC(=O)c1ccccc1)[C@@H]4C)O[C@@H]3[C@H](O[Si](C)(C)C(C)(C)C)[C@@H]2O[Si](C)(C)C(C)(C)C. The van der Waals surface area contributed by atoms with Crippen LogP contribution in [0.1, 0.15) is 190 Å². The molecule has 9 rings (SSSR count). The van der Waals surface area contributed by atoms with E-state index in [1.165, 1.54) is 0 Å². The lowest BCUT2D eigenvalue weighted by molar-refractivity contribution is -0.266. The van der Waals surface area contributed by atoms with Crippen molar-refractivity contribution in [3.63, 3.8) is 0 Å². The molecule has 8 aliphatic rings. The molecule has 0 amide bonds. The van der Waals surface area contributed by atoms with Gasteiger partial charge in [0.05, 0.1) is 60.5 Å². The highest BCUT2D eigenvalue weighted by Gasteiger charge is 2.58. The fraction of sp³-hybridized carbons (Fsp3) is 0.757. The van der Waals surface area contributed by atoms with Gasteiger partial charge in [-0.25, -0.2) is 4.79 Å². The van der Waals surface area contributed by atoms with Gasteiger partial charge < -0.3 is 46.4 Å². The summed E-state index contributed by atoms with van der Waals surface area (Å²) in [4.78, 5) is 41.5. The Morgan fingerprint density at radius 3 is 1.87 bits per heavy atom. The van der Waals surface area contributed by atoms with Gasteiger partial charge in [-0.1, -0.05) is 138 Å². The van der Waals surface area contributed by atoms with Crippen molar-refractivity contribution in [1.82, 2.24) is 0 Å². The van der Waals surface area contributed by atoms with Crippen LogP contribution in [0.2, 0.25) is 54.4 Å². The highest BCUT2D eigenvalue weighted by molar-refractivity contribution is 6.75. The summed E-state index contributed by atoms with van der Waals surface area (Å²) in [7, 11) is -7.59. The molecule has 1 aromatic rings. The average Bonchev–Trinajstić information content (AvgIpc) is 0.952. The normalized spacial score (nSPS) is 33.2. The van der Waals surface area contributed by atoms with E-state index in [-0.39, 0.29) is 107 Å². The number of ketones is 1. The zero-order valence-corrected chi connectivity index (χ0v) is 59.6. The first-order chi connectivity index (χ1) is 40.0. The smallest absolute Gasteiger partial charge is 0.338 e. The van der Waals surface area contributed by atoms with Gasteiger partial charge in [0.2, 0.25) is 0 Å². The number of fused-ring (bicyclic) bond motifs is 2. The fourth-order valence-electron chi connectivity index (χ4n) is 12.7. The summed E-state index contributed by atoms with van der Waals surface area (Å²) in [5.74, 6) is -0.812. The van der Waals surface area contributed by atoms with Gasteiger partial charge in [-0.3, -0.25) is 9.59 Å². The molecule has 13 nitrogen and oxygen atoms in total. The number of Topliss-reactive ketones (excluding diaryl/α,β-unsaturated/α-hetero) is 1. The standard InChI is InChI=1S/C70H114O13Si3/c1-22-50(78-67(73)48-27-25-24-26-28-48)41-59-47(6)54-40-49(71)39-53-33-36-57-63(77-53)65(82-85(18,19)69(10,11)12)66(83-86(20,21)70(13,14)15)64(80-57)58(81-84(16,17)68(7,8)9)34-30-44(3)29-31-51-38-46(5)56(75-51)35-32-52-37-45(4)55(43-74-62(72)23-2)61(76-52)42-60(54)79-59/h24-28,30,34,47,50-54,56-61,63-66H,3,5,22-23,29,31-33,35-43H2,1-2,4,6-21H3/b34-30+/t47-,50-,51?,52?,53-,54?,56+,57+,58+,59-,60?,61-,63+,64+,65+,66-/m1/s1. The Balaban J connectivity index is 1.29. The second kappa shape index (κ2) is 28.7.